The molecule has 0 atom stereocenters. The zero-order valence-corrected chi connectivity index (χ0v) is 17.2. The lowest BCUT2D eigenvalue weighted by molar-refractivity contribution is -0.384. The first-order chi connectivity index (χ1) is 15.4. The lowest BCUT2D eigenvalue weighted by atomic mass is 10.1. The van der Waals surface area contributed by atoms with Crippen LogP contribution in [0, 0.1) is 10.1 Å². The van der Waals surface area contributed by atoms with E-state index in [1.54, 1.807) is 36.5 Å². The monoisotopic (exact) mass is 434 g/mol. The number of anilines is 2. The highest BCUT2D eigenvalue weighted by molar-refractivity contribution is 6.06. The van der Waals surface area contributed by atoms with Crippen LogP contribution >= 0.6 is 0 Å². The minimum absolute atomic E-state index is 0.0709. The fourth-order valence-electron chi connectivity index (χ4n) is 3.72. The maximum absolute atomic E-state index is 12.9. The normalized spacial score (nSPS) is 13.6. The number of hydrogen-bond acceptors (Lipinski definition) is 6. The summed E-state index contributed by atoms with van der Waals surface area (Å²) in [5.41, 5.74) is 7.55. The average Bonchev–Trinajstić information content (AvgIpc) is 3.30. The molecule has 3 N–H and O–H groups in total. The zero-order valence-electron chi connectivity index (χ0n) is 17.2. The van der Waals surface area contributed by atoms with Crippen molar-refractivity contribution in [1.82, 2.24) is 9.78 Å². The summed E-state index contributed by atoms with van der Waals surface area (Å²) in [5, 5.41) is 18.1. The van der Waals surface area contributed by atoms with Gasteiger partial charge in [-0.3, -0.25) is 19.7 Å². The molecular weight excluding hydrogens is 412 g/mol. The Labute approximate surface area is 183 Å². The van der Waals surface area contributed by atoms with E-state index in [0.29, 0.717) is 16.9 Å². The van der Waals surface area contributed by atoms with Crippen molar-refractivity contribution < 1.29 is 14.5 Å². The quantitative estimate of drug-likeness (QED) is 0.452. The van der Waals surface area contributed by atoms with Crippen LogP contribution in [-0.4, -0.2) is 39.6 Å². The highest BCUT2D eigenvalue weighted by Crippen LogP contribution is 2.30. The van der Waals surface area contributed by atoms with Crippen LogP contribution in [0.3, 0.4) is 0 Å². The summed E-state index contributed by atoms with van der Waals surface area (Å²) in [6.07, 6.45) is 4.82. The van der Waals surface area contributed by atoms with E-state index >= 15 is 0 Å². The van der Waals surface area contributed by atoms with E-state index in [0.717, 1.165) is 38.0 Å². The summed E-state index contributed by atoms with van der Waals surface area (Å²) in [6, 6.07) is 12.5. The lowest BCUT2D eigenvalue weighted by Gasteiger charge is -2.30. The Kier molecular flexibility index (Phi) is 5.84. The van der Waals surface area contributed by atoms with Crippen molar-refractivity contribution in [3.63, 3.8) is 0 Å². The van der Waals surface area contributed by atoms with Gasteiger partial charge in [0.15, 0.2) is 5.69 Å². The highest BCUT2D eigenvalue weighted by Gasteiger charge is 2.19. The van der Waals surface area contributed by atoms with Crippen LogP contribution in [0.1, 0.15) is 40.1 Å². The molecule has 10 heteroatoms. The Hall–Kier alpha value is -4.21. The molecule has 2 heterocycles. The van der Waals surface area contributed by atoms with Crippen molar-refractivity contribution in [1.29, 1.82) is 0 Å². The Morgan fingerprint density at radius 3 is 2.56 bits per heavy atom. The molecule has 32 heavy (non-hydrogen) atoms. The lowest BCUT2D eigenvalue weighted by Crippen LogP contribution is -2.30. The zero-order chi connectivity index (χ0) is 22.7. The summed E-state index contributed by atoms with van der Waals surface area (Å²) < 4.78 is 1.40. The fourth-order valence-corrected chi connectivity index (χ4v) is 3.72. The van der Waals surface area contributed by atoms with Gasteiger partial charge in [0.1, 0.15) is 0 Å². The molecule has 0 unspecified atom stereocenters. The Bertz CT molecular complexity index is 1180. The molecule has 2 aromatic carbocycles. The Balaban J connectivity index is 1.60. The molecule has 3 aromatic rings. The number of nitro benzene ring substituents is 1. The van der Waals surface area contributed by atoms with Gasteiger partial charge < -0.3 is 16.0 Å². The second-order valence-corrected chi connectivity index (χ2v) is 7.52. The average molecular weight is 434 g/mol. The van der Waals surface area contributed by atoms with E-state index in [1.807, 2.05) is 0 Å². The second kappa shape index (κ2) is 8.88. The number of benzene rings is 2. The number of nitrogens with two attached hydrogens (primary N) is 1. The molecule has 0 aliphatic carbocycles. The predicted molar refractivity (Wildman–Crippen MR) is 119 cm³/mol. The van der Waals surface area contributed by atoms with Gasteiger partial charge in [-0.2, -0.15) is 5.10 Å². The summed E-state index contributed by atoms with van der Waals surface area (Å²) >= 11 is 0. The van der Waals surface area contributed by atoms with Crippen LogP contribution in [0.15, 0.2) is 54.7 Å². The minimum Gasteiger partial charge on any atom is -0.370 e. The van der Waals surface area contributed by atoms with Gasteiger partial charge in [0, 0.05) is 37.0 Å². The van der Waals surface area contributed by atoms with Crippen LogP contribution in [0.4, 0.5) is 17.1 Å². The summed E-state index contributed by atoms with van der Waals surface area (Å²) in [5.74, 6) is -1.05. The van der Waals surface area contributed by atoms with Crippen LogP contribution in [-0.2, 0) is 0 Å². The number of nitrogens with one attached hydrogen (secondary N) is 1. The largest absolute Gasteiger partial charge is 0.370 e. The van der Waals surface area contributed by atoms with Gasteiger partial charge in [-0.15, -0.1) is 0 Å². The molecule has 10 nitrogen and oxygen atoms in total. The number of hydrogen-bond donors (Lipinski definition) is 2. The number of carbonyl (C=O) groups excluding carboxylic acids is 2. The van der Waals surface area contributed by atoms with Crippen LogP contribution < -0.4 is 16.0 Å². The highest BCUT2D eigenvalue weighted by atomic mass is 16.6. The standard InChI is InChI=1S/C22H22N6O4/c23-21(29)15-7-8-20(26-10-2-1-3-11-26)19(13-15)24-22(30)18-9-12-27(25-18)16-5-4-6-17(14-16)28(31)32/h4-9,12-14H,1-3,10-11H2,(H2,23,29)(H,24,30). The second-order valence-electron chi connectivity index (χ2n) is 7.52. The number of nitro groups is 1. The van der Waals surface area contributed by atoms with Gasteiger partial charge in [0.05, 0.1) is 22.0 Å². The number of primary amides is 1. The van der Waals surface area contributed by atoms with Crippen molar-refractivity contribution in [2.24, 2.45) is 5.73 Å². The number of carbonyl (C=O) groups is 2. The number of non-ortho nitro benzene ring substituents is 1. The molecular formula is C22H22N6O4. The van der Waals surface area contributed by atoms with Crippen LogP contribution in [0.2, 0.25) is 0 Å². The molecule has 2 amide bonds. The fraction of sp³-hybridized carbons (Fsp3) is 0.227. The molecule has 1 aromatic heterocycles. The maximum Gasteiger partial charge on any atom is 0.276 e. The third kappa shape index (κ3) is 4.43. The minimum atomic E-state index is -0.583. The first kappa shape index (κ1) is 21.0. The van der Waals surface area contributed by atoms with E-state index in [4.69, 9.17) is 5.73 Å². The van der Waals surface area contributed by atoms with Crippen LogP contribution in [0.25, 0.3) is 5.69 Å². The summed E-state index contributed by atoms with van der Waals surface area (Å²) in [7, 11) is 0. The van der Waals surface area contributed by atoms with Gasteiger partial charge in [0.25, 0.3) is 11.6 Å². The summed E-state index contributed by atoms with van der Waals surface area (Å²) in [4.78, 5) is 37.3. The van der Waals surface area contributed by atoms with E-state index in [9.17, 15) is 19.7 Å². The van der Waals surface area contributed by atoms with Crippen molar-refractivity contribution in [3.8, 4) is 5.69 Å². The molecule has 164 valence electrons. The van der Waals surface area contributed by atoms with Gasteiger partial charge in [-0.25, -0.2) is 4.68 Å². The van der Waals surface area contributed by atoms with Gasteiger partial charge in [-0.1, -0.05) is 6.07 Å². The van der Waals surface area contributed by atoms with Gasteiger partial charge in [0.2, 0.25) is 5.91 Å². The number of amides is 2. The third-order valence-electron chi connectivity index (χ3n) is 5.35. The SMILES string of the molecule is NC(=O)c1ccc(N2CCCCC2)c(NC(=O)c2ccn(-c3cccc([N+](=O)[O-])c3)n2)c1. The van der Waals surface area contributed by atoms with E-state index in [2.05, 4.69) is 15.3 Å². The molecule has 1 saturated heterocycles. The van der Waals surface area contributed by atoms with Crippen LogP contribution in [0.5, 0.6) is 0 Å². The molecule has 4 rings (SSSR count). The van der Waals surface area contributed by atoms with Crippen molar-refractivity contribution >= 4 is 28.9 Å². The smallest absolute Gasteiger partial charge is 0.276 e. The summed E-state index contributed by atoms with van der Waals surface area (Å²) in [6.45, 7) is 1.72. The van der Waals surface area contributed by atoms with Crippen molar-refractivity contribution in [2.45, 2.75) is 19.3 Å². The third-order valence-corrected chi connectivity index (χ3v) is 5.35. The first-order valence-electron chi connectivity index (χ1n) is 10.2. The number of piperidine rings is 1. The Morgan fingerprint density at radius 2 is 1.84 bits per heavy atom. The van der Waals surface area contributed by atoms with E-state index in [1.165, 1.54) is 22.9 Å². The molecule has 1 aliphatic heterocycles. The predicted octanol–water partition coefficient (Wildman–Crippen LogP) is 3.12. The first-order valence-corrected chi connectivity index (χ1v) is 10.2. The molecule has 0 saturated carbocycles. The molecule has 0 spiro atoms. The number of rotatable bonds is 6. The van der Waals surface area contributed by atoms with Crippen molar-refractivity contribution in [2.75, 3.05) is 23.3 Å². The van der Waals surface area contributed by atoms with E-state index < -0.39 is 16.7 Å². The topological polar surface area (TPSA) is 136 Å². The van der Waals surface area contributed by atoms with E-state index in [-0.39, 0.29) is 11.4 Å². The van der Waals surface area contributed by atoms with Crippen molar-refractivity contribution in [3.05, 3.63) is 76.1 Å². The maximum atomic E-state index is 12.9. The number of nitrogens with zero attached hydrogens (tertiary/aromatic N) is 4. The van der Waals surface area contributed by atoms with Gasteiger partial charge in [-0.05, 0) is 49.6 Å². The molecule has 1 aliphatic rings. The van der Waals surface area contributed by atoms with Gasteiger partial charge >= 0.3 is 0 Å². The molecule has 1 fully saturated rings. The molecule has 0 radical (unpaired) electrons. The number of aromatic nitrogens is 2. The molecule has 0 bridgehead atoms. The Morgan fingerprint density at radius 1 is 1.06 bits per heavy atom.